The summed E-state index contributed by atoms with van der Waals surface area (Å²) in [5, 5.41) is 3.34. The van der Waals surface area contributed by atoms with Crippen LogP contribution < -0.4 is 15.8 Å². The molecule has 0 aromatic heterocycles. The molecule has 16 heavy (non-hydrogen) atoms. The van der Waals surface area contributed by atoms with E-state index in [0.29, 0.717) is 11.4 Å². The summed E-state index contributed by atoms with van der Waals surface area (Å²) in [5.41, 5.74) is 7.67. The van der Waals surface area contributed by atoms with E-state index in [1.165, 1.54) is 5.56 Å². The Morgan fingerprint density at radius 2 is 2.25 bits per heavy atom. The molecule has 0 bridgehead atoms. The number of nitrogens with one attached hydrogen (secondary N) is 1. The topological polar surface area (TPSA) is 47.3 Å². The van der Waals surface area contributed by atoms with Crippen molar-refractivity contribution in [2.45, 2.75) is 26.3 Å². The fourth-order valence-electron chi connectivity index (χ4n) is 1.55. The molecule has 0 saturated heterocycles. The van der Waals surface area contributed by atoms with Gasteiger partial charge >= 0.3 is 0 Å². The SMILES string of the molecule is COc1ccc(C)cc1NC(C)CC(N)=S. The van der Waals surface area contributed by atoms with Crippen LogP contribution in [0.5, 0.6) is 5.75 Å². The molecule has 0 aliphatic rings. The Kier molecular flexibility index (Phi) is 4.55. The van der Waals surface area contributed by atoms with E-state index >= 15 is 0 Å². The van der Waals surface area contributed by atoms with Gasteiger partial charge in [-0.1, -0.05) is 18.3 Å². The fourth-order valence-corrected chi connectivity index (χ4v) is 1.80. The summed E-state index contributed by atoms with van der Waals surface area (Å²) in [5.74, 6) is 0.834. The minimum Gasteiger partial charge on any atom is -0.495 e. The second-order valence-electron chi connectivity index (χ2n) is 3.92. The molecule has 1 aromatic rings. The van der Waals surface area contributed by atoms with Gasteiger partial charge in [-0.15, -0.1) is 0 Å². The van der Waals surface area contributed by atoms with Crippen molar-refractivity contribution < 1.29 is 4.74 Å². The number of anilines is 1. The summed E-state index contributed by atoms with van der Waals surface area (Å²) in [6, 6.07) is 6.22. The first-order valence-corrected chi connectivity index (χ1v) is 5.63. The predicted octanol–water partition coefficient (Wildman–Crippen LogP) is 2.48. The molecule has 0 radical (unpaired) electrons. The van der Waals surface area contributed by atoms with E-state index in [1.54, 1.807) is 7.11 Å². The lowest BCUT2D eigenvalue weighted by Crippen LogP contribution is -2.23. The number of benzene rings is 1. The van der Waals surface area contributed by atoms with Crippen molar-refractivity contribution in [1.82, 2.24) is 0 Å². The number of hydrogen-bond acceptors (Lipinski definition) is 3. The van der Waals surface area contributed by atoms with Crippen molar-refractivity contribution in [2.24, 2.45) is 5.73 Å². The quantitative estimate of drug-likeness (QED) is 0.774. The number of nitrogens with two attached hydrogens (primary N) is 1. The van der Waals surface area contributed by atoms with E-state index < -0.39 is 0 Å². The summed E-state index contributed by atoms with van der Waals surface area (Å²) in [6.07, 6.45) is 0.673. The number of methoxy groups -OCH3 is 1. The minimum atomic E-state index is 0.202. The molecule has 88 valence electrons. The molecule has 0 heterocycles. The average molecular weight is 238 g/mol. The summed E-state index contributed by atoms with van der Waals surface area (Å²) in [4.78, 5) is 0.520. The molecule has 1 aromatic carbocycles. The minimum absolute atomic E-state index is 0.202. The van der Waals surface area contributed by atoms with Crippen LogP contribution in [0.15, 0.2) is 18.2 Å². The van der Waals surface area contributed by atoms with Crippen LogP contribution in [0.25, 0.3) is 0 Å². The summed E-state index contributed by atoms with van der Waals surface area (Å²) in [7, 11) is 1.66. The highest BCUT2D eigenvalue weighted by Crippen LogP contribution is 2.26. The molecule has 4 heteroatoms. The molecule has 0 saturated carbocycles. The standard InChI is InChI=1S/C12H18N2OS/c1-8-4-5-11(15-3)10(6-8)14-9(2)7-12(13)16/h4-6,9,14H,7H2,1-3H3,(H2,13,16). The van der Waals surface area contributed by atoms with Gasteiger partial charge in [0.25, 0.3) is 0 Å². The molecule has 0 fully saturated rings. The molecule has 1 unspecified atom stereocenters. The summed E-state index contributed by atoms with van der Waals surface area (Å²) >= 11 is 4.88. The molecule has 1 rings (SSSR count). The second kappa shape index (κ2) is 5.70. The van der Waals surface area contributed by atoms with Crippen molar-refractivity contribution in [3.63, 3.8) is 0 Å². The van der Waals surface area contributed by atoms with Gasteiger partial charge in [0.2, 0.25) is 0 Å². The Hall–Kier alpha value is -1.29. The van der Waals surface area contributed by atoms with Gasteiger partial charge in [0.15, 0.2) is 0 Å². The highest BCUT2D eigenvalue weighted by atomic mass is 32.1. The number of aryl methyl sites for hydroxylation is 1. The predicted molar refractivity (Wildman–Crippen MR) is 72.2 cm³/mol. The Balaban J connectivity index is 2.78. The maximum atomic E-state index is 5.51. The molecule has 3 nitrogen and oxygen atoms in total. The van der Waals surface area contributed by atoms with Crippen molar-refractivity contribution in [1.29, 1.82) is 0 Å². The molecule has 0 aliphatic carbocycles. The van der Waals surface area contributed by atoms with Crippen molar-refractivity contribution in [3.05, 3.63) is 23.8 Å². The number of hydrogen-bond donors (Lipinski definition) is 2. The molecule has 1 atom stereocenters. The van der Waals surface area contributed by atoms with Crippen molar-refractivity contribution in [2.75, 3.05) is 12.4 Å². The third kappa shape index (κ3) is 3.70. The highest BCUT2D eigenvalue weighted by molar-refractivity contribution is 7.80. The molecule has 0 aliphatic heterocycles. The smallest absolute Gasteiger partial charge is 0.141 e. The van der Waals surface area contributed by atoms with Gasteiger partial charge in [0, 0.05) is 12.5 Å². The third-order valence-electron chi connectivity index (χ3n) is 2.26. The van der Waals surface area contributed by atoms with Crippen LogP contribution in [-0.2, 0) is 0 Å². The normalized spacial score (nSPS) is 11.9. The summed E-state index contributed by atoms with van der Waals surface area (Å²) in [6.45, 7) is 4.09. The molecular formula is C12H18N2OS. The zero-order valence-electron chi connectivity index (χ0n) is 9.91. The van der Waals surface area contributed by atoms with Gasteiger partial charge in [0.05, 0.1) is 17.8 Å². The largest absolute Gasteiger partial charge is 0.495 e. The molecule has 0 spiro atoms. The lowest BCUT2D eigenvalue weighted by atomic mass is 10.1. The van der Waals surface area contributed by atoms with Crippen LogP contribution in [0.1, 0.15) is 18.9 Å². The first-order chi connectivity index (χ1) is 7.52. The Bertz CT molecular complexity index is 379. The van der Waals surface area contributed by atoms with E-state index in [9.17, 15) is 0 Å². The second-order valence-corrected chi connectivity index (χ2v) is 4.44. The zero-order valence-corrected chi connectivity index (χ0v) is 10.7. The van der Waals surface area contributed by atoms with Crippen LogP contribution in [0.4, 0.5) is 5.69 Å². The van der Waals surface area contributed by atoms with E-state index in [4.69, 9.17) is 22.7 Å². The van der Waals surface area contributed by atoms with Gasteiger partial charge in [-0.2, -0.15) is 0 Å². The first-order valence-electron chi connectivity index (χ1n) is 5.22. The lowest BCUT2D eigenvalue weighted by molar-refractivity contribution is 0.416. The molecule has 3 N–H and O–H groups in total. The van der Waals surface area contributed by atoms with Crippen molar-refractivity contribution in [3.8, 4) is 5.75 Å². The van der Waals surface area contributed by atoms with E-state index in [1.807, 2.05) is 26.0 Å². The maximum Gasteiger partial charge on any atom is 0.141 e. The molecular weight excluding hydrogens is 220 g/mol. The van der Waals surface area contributed by atoms with Crippen LogP contribution >= 0.6 is 12.2 Å². The van der Waals surface area contributed by atoms with Crippen LogP contribution in [0, 0.1) is 6.92 Å². The Morgan fingerprint density at radius 3 is 2.81 bits per heavy atom. The fraction of sp³-hybridized carbons (Fsp3) is 0.417. The van der Waals surface area contributed by atoms with Crippen molar-refractivity contribution >= 4 is 22.9 Å². The third-order valence-corrected chi connectivity index (χ3v) is 2.43. The summed E-state index contributed by atoms with van der Waals surface area (Å²) < 4.78 is 5.28. The van der Waals surface area contributed by atoms with E-state index in [2.05, 4.69) is 11.4 Å². The van der Waals surface area contributed by atoms with Gasteiger partial charge in [-0.3, -0.25) is 0 Å². The number of rotatable bonds is 5. The van der Waals surface area contributed by atoms with Gasteiger partial charge in [0.1, 0.15) is 5.75 Å². The molecule has 0 amide bonds. The van der Waals surface area contributed by atoms with Gasteiger partial charge in [-0.05, 0) is 31.5 Å². The van der Waals surface area contributed by atoms with Gasteiger partial charge < -0.3 is 15.8 Å². The maximum absolute atomic E-state index is 5.51. The Morgan fingerprint density at radius 1 is 1.56 bits per heavy atom. The zero-order chi connectivity index (χ0) is 12.1. The number of thiocarbonyl (C=S) groups is 1. The van der Waals surface area contributed by atoms with Crippen LogP contribution in [-0.4, -0.2) is 18.1 Å². The lowest BCUT2D eigenvalue weighted by Gasteiger charge is -2.17. The van der Waals surface area contributed by atoms with Crippen LogP contribution in [0.3, 0.4) is 0 Å². The first kappa shape index (κ1) is 12.8. The number of ether oxygens (including phenoxy) is 1. The van der Waals surface area contributed by atoms with Crippen LogP contribution in [0.2, 0.25) is 0 Å². The Labute approximate surface area is 102 Å². The monoisotopic (exact) mass is 238 g/mol. The highest BCUT2D eigenvalue weighted by Gasteiger charge is 2.07. The average Bonchev–Trinajstić information content (AvgIpc) is 2.16. The van der Waals surface area contributed by atoms with E-state index in [-0.39, 0.29) is 6.04 Å². The van der Waals surface area contributed by atoms with E-state index in [0.717, 1.165) is 11.4 Å². The van der Waals surface area contributed by atoms with Gasteiger partial charge in [-0.25, -0.2) is 0 Å².